The van der Waals surface area contributed by atoms with Crippen molar-refractivity contribution in [1.82, 2.24) is 5.32 Å². The number of nitrogens with one attached hydrogen (secondary N) is 2. The number of rotatable bonds is 5. The zero-order valence-electron chi connectivity index (χ0n) is 13.2. The molecule has 0 aromatic heterocycles. The van der Waals surface area contributed by atoms with E-state index in [0.717, 1.165) is 12.1 Å². The molecule has 2 aromatic rings. The van der Waals surface area contributed by atoms with Crippen LogP contribution in [0.5, 0.6) is 0 Å². The van der Waals surface area contributed by atoms with E-state index in [4.69, 9.17) is 0 Å². The largest absolute Gasteiger partial charge is 0.374 e. The summed E-state index contributed by atoms with van der Waals surface area (Å²) >= 11 is 0. The maximum Gasteiger partial charge on any atom is 0.242 e. The molecule has 2 rings (SSSR count). The van der Waals surface area contributed by atoms with E-state index in [0.29, 0.717) is 0 Å². The van der Waals surface area contributed by atoms with Gasteiger partial charge in [-0.05, 0) is 50.1 Å². The molecule has 0 saturated carbocycles. The normalized spacial score (nSPS) is 13.0. The van der Waals surface area contributed by atoms with Gasteiger partial charge < -0.3 is 10.6 Å². The third-order valence-corrected chi connectivity index (χ3v) is 3.87. The zero-order valence-corrected chi connectivity index (χ0v) is 13.2. The first kappa shape index (κ1) is 15.4. The van der Waals surface area contributed by atoms with Crippen LogP contribution in [-0.4, -0.2) is 17.5 Å². The molecule has 1 amide bonds. The molecule has 0 aliphatic carbocycles. The Morgan fingerprint density at radius 1 is 1.14 bits per heavy atom. The maximum absolute atomic E-state index is 12.2. The average Bonchev–Trinajstić information content (AvgIpc) is 2.46. The lowest BCUT2D eigenvalue weighted by Crippen LogP contribution is -2.48. The smallest absolute Gasteiger partial charge is 0.242 e. The number of carbonyl (C=O) groups is 1. The van der Waals surface area contributed by atoms with Gasteiger partial charge >= 0.3 is 0 Å². The summed E-state index contributed by atoms with van der Waals surface area (Å²) in [4.78, 5) is 12.2. The van der Waals surface area contributed by atoms with Crippen molar-refractivity contribution in [2.24, 2.45) is 0 Å². The Morgan fingerprint density at radius 2 is 1.81 bits per heavy atom. The van der Waals surface area contributed by atoms with Gasteiger partial charge in [-0.3, -0.25) is 4.79 Å². The first-order valence-electron chi connectivity index (χ1n) is 7.48. The quantitative estimate of drug-likeness (QED) is 0.873. The molecule has 0 bridgehead atoms. The standard InChI is InChI=1S/C18H24N2O/c1-5-18(3,4)20-17(21)13(2)19-16-11-10-14-8-6-7-9-15(14)12-16/h6-13,19H,5H2,1-4H3,(H,20,21). The highest BCUT2D eigenvalue weighted by atomic mass is 16.2. The van der Waals surface area contributed by atoms with Crippen molar-refractivity contribution in [3.63, 3.8) is 0 Å². The zero-order chi connectivity index (χ0) is 15.5. The first-order chi connectivity index (χ1) is 9.91. The third kappa shape index (κ3) is 3.97. The summed E-state index contributed by atoms with van der Waals surface area (Å²) in [6, 6.07) is 14.1. The van der Waals surface area contributed by atoms with Gasteiger partial charge in [0.25, 0.3) is 0 Å². The lowest BCUT2D eigenvalue weighted by Gasteiger charge is -2.27. The Hall–Kier alpha value is -2.03. The summed E-state index contributed by atoms with van der Waals surface area (Å²) in [5.74, 6) is 0.0232. The van der Waals surface area contributed by atoms with Crippen LogP contribution in [0, 0.1) is 0 Å². The predicted octanol–water partition coefficient (Wildman–Crippen LogP) is 3.95. The van der Waals surface area contributed by atoms with Gasteiger partial charge in [-0.1, -0.05) is 37.3 Å². The number of hydrogen-bond acceptors (Lipinski definition) is 2. The summed E-state index contributed by atoms with van der Waals surface area (Å²) in [6.45, 7) is 8.03. The fourth-order valence-electron chi connectivity index (χ4n) is 2.12. The molecule has 0 spiro atoms. The van der Waals surface area contributed by atoms with Crippen molar-refractivity contribution < 1.29 is 4.79 Å². The Balaban J connectivity index is 2.07. The molecule has 1 unspecified atom stereocenters. The fraction of sp³-hybridized carbons (Fsp3) is 0.389. The van der Waals surface area contributed by atoms with E-state index in [9.17, 15) is 4.79 Å². The minimum absolute atomic E-state index is 0.0232. The predicted molar refractivity (Wildman–Crippen MR) is 89.5 cm³/mol. The SMILES string of the molecule is CCC(C)(C)NC(=O)C(C)Nc1ccc2ccccc2c1. The second-order valence-corrected chi connectivity index (χ2v) is 6.15. The molecule has 0 heterocycles. The molecule has 2 aromatic carbocycles. The van der Waals surface area contributed by atoms with Gasteiger partial charge in [-0.25, -0.2) is 0 Å². The Bertz CT molecular complexity index is 634. The Kier molecular flexibility index (Phi) is 4.51. The third-order valence-electron chi connectivity index (χ3n) is 3.87. The van der Waals surface area contributed by atoms with E-state index in [1.54, 1.807) is 0 Å². The number of anilines is 1. The van der Waals surface area contributed by atoms with E-state index in [1.165, 1.54) is 10.8 Å². The molecule has 0 aliphatic heterocycles. The fourth-order valence-corrected chi connectivity index (χ4v) is 2.12. The summed E-state index contributed by atoms with van der Waals surface area (Å²) in [5.41, 5.74) is 0.793. The second kappa shape index (κ2) is 6.17. The van der Waals surface area contributed by atoms with Crippen molar-refractivity contribution in [2.45, 2.75) is 45.7 Å². The summed E-state index contributed by atoms with van der Waals surface area (Å²) in [5, 5.41) is 8.70. The van der Waals surface area contributed by atoms with Gasteiger partial charge in [0.15, 0.2) is 0 Å². The molecule has 2 N–H and O–H groups in total. The van der Waals surface area contributed by atoms with Crippen LogP contribution in [0.4, 0.5) is 5.69 Å². The summed E-state index contributed by atoms with van der Waals surface area (Å²) in [7, 11) is 0. The lowest BCUT2D eigenvalue weighted by molar-refractivity contribution is -0.123. The van der Waals surface area contributed by atoms with Crippen molar-refractivity contribution in [3.05, 3.63) is 42.5 Å². The van der Waals surface area contributed by atoms with Gasteiger partial charge in [0.2, 0.25) is 5.91 Å². The highest BCUT2D eigenvalue weighted by Gasteiger charge is 2.21. The number of benzene rings is 2. The molecular formula is C18H24N2O. The van der Waals surface area contributed by atoms with Crippen molar-refractivity contribution in [1.29, 1.82) is 0 Å². The Labute approximate surface area is 126 Å². The molecular weight excluding hydrogens is 260 g/mol. The lowest BCUT2D eigenvalue weighted by atomic mass is 10.0. The molecule has 0 radical (unpaired) electrons. The van der Waals surface area contributed by atoms with E-state index < -0.39 is 0 Å². The minimum atomic E-state index is -0.267. The van der Waals surface area contributed by atoms with Crippen molar-refractivity contribution >= 4 is 22.4 Å². The summed E-state index contributed by atoms with van der Waals surface area (Å²) in [6.07, 6.45) is 0.904. The van der Waals surface area contributed by atoms with Gasteiger partial charge in [0.1, 0.15) is 6.04 Å². The van der Waals surface area contributed by atoms with Crippen LogP contribution < -0.4 is 10.6 Å². The van der Waals surface area contributed by atoms with Crippen LogP contribution in [0.2, 0.25) is 0 Å². The van der Waals surface area contributed by atoms with E-state index in [1.807, 2.05) is 39.0 Å². The molecule has 0 saturated heterocycles. The highest BCUT2D eigenvalue weighted by Crippen LogP contribution is 2.19. The molecule has 112 valence electrons. The Morgan fingerprint density at radius 3 is 2.48 bits per heavy atom. The number of amides is 1. The number of fused-ring (bicyclic) bond motifs is 1. The molecule has 3 nitrogen and oxygen atoms in total. The van der Waals surface area contributed by atoms with Crippen LogP contribution in [0.15, 0.2) is 42.5 Å². The van der Waals surface area contributed by atoms with Crippen LogP contribution in [-0.2, 0) is 4.79 Å². The van der Waals surface area contributed by atoms with Gasteiger partial charge in [-0.15, -0.1) is 0 Å². The molecule has 0 fully saturated rings. The van der Waals surface area contributed by atoms with Crippen LogP contribution >= 0.6 is 0 Å². The number of carbonyl (C=O) groups excluding carboxylic acids is 1. The van der Waals surface area contributed by atoms with Crippen molar-refractivity contribution in [2.75, 3.05) is 5.32 Å². The monoisotopic (exact) mass is 284 g/mol. The van der Waals surface area contributed by atoms with E-state index in [-0.39, 0.29) is 17.5 Å². The molecule has 21 heavy (non-hydrogen) atoms. The molecule has 1 atom stereocenters. The molecule has 0 aliphatic rings. The average molecular weight is 284 g/mol. The molecule has 3 heteroatoms. The van der Waals surface area contributed by atoms with Crippen LogP contribution in [0.3, 0.4) is 0 Å². The topological polar surface area (TPSA) is 41.1 Å². The van der Waals surface area contributed by atoms with Gasteiger partial charge in [0, 0.05) is 11.2 Å². The van der Waals surface area contributed by atoms with E-state index >= 15 is 0 Å². The number of hydrogen-bond donors (Lipinski definition) is 2. The van der Waals surface area contributed by atoms with Gasteiger partial charge in [0.05, 0.1) is 0 Å². The van der Waals surface area contributed by atoms with Crippen LogP contribution in [0.1, 0.15) is 34.1 Å². The van der Waals surface area contributed by atoms with Gasteiger partial charge in [-0.2, -0.15) is 0 Å². The second-order valence-electron chi connectivity index (χ2n) is 6.15. The first-order valence-corrected chi connectivity index (χ1v) is 7.48. The van der Waals surface area contributed by atoms with E-state index in [2.05, 4.69) is 41.8 Å². The van der Waals surface area contributed by atoms with Crippen LogP contribution in [0.25, 0.3) is 10.8 Å². The minimum Gasteiger partial charge on any atom is -0.374 e. The highest BCUT2D eigenvalue weighted by molar-refractivity contribution is 5.88. The maximum atomic E-state index is 12.2. The summed E-state index contributed by atoms with van der Waals surface area (Å²) < 4.78 is 0. The van der Waals surface area contributed by atoms with Crippen molar-refractivity contribution in [3.8, 4) is 0 Å².